The number of carbonyl (C=O) groups is 2. The van der Waals surface area contributed by atoms with E-state index in [0.29, 0.717) is 36.4 Å². The summed E-state index contributed by atoms with van der Waals surface area (Å²) in [5, 5.41) is 0. The summed E-state index contributed by atoms with van der Waals surface area (Å²) in [4.78, 5) is 26.0. The first-order valence-corrected chi connectivity index (χ1v) is 16.6. The molecular weight excluding hydrogens is 733 g/mol. The third kappa shape index (κ3) is 6.62. The van der Waals surface area contributed by atoms with Gasteiger partial charge in [-0.3, -0.25) is 4.79 Å². The van der Waals surface area contributed by atoms with Crippen molar-refractivity contribution in [3.8, 4) is 0 Å². The molecule has 17 heteroatoms. The molecule has 0 aromatic heterocycles. The second kappa shape index (κ2) is 13.9. The van der Waals surface area contributed by atoms with Crippen LogP contribution in [0, 0.1) is 17.5 Å². The molecule has 4 aromatic rings. The lowest BCUT2D eigenvalue weighted by Gasteiger charge is -2.38. The number of hydrogen-bond acceptors (Lipinski definition) is 6. The molecule has 52 heavy (non-hydrogen) atoms. The predicted molar refractivity (Wildman–Crippen MR) is 165 cm³/mol. The largest absolute Gasteiger partial charge is 0.465 e. The van der Waals surface area contributed by atoms with Gasteiger partial charge in [-0.25, -0.2) is 26.4 Å². The Bertz CT molecular complexity index is 2030. The van der Waals surface area contributed by atoms with Crippen molar-refractivity contribution >= 4 is 21.7 Å². The van der Waals surface area contributed by atoms with Crippen molar-refractivity contribution in [3.63, 3.8) is 0 Å². The Morgan fingerprint density at radius 3 is 1.83 bits per heavy atom. The van der Waals surface area contributed by atoms with E-state index in [9.17, 15) is 57.5 Å². The zero-order chi connectivity index (χ0) is 38.3. The quantitative estimate of drug-likeness (QED) is 0.0991. The number of sulfone groups is 1. The second-order valence-electron chi connectivity index (χ2n) is 11.7. The van der Waals surface area contributed by atoms with Gasteiger partial charge in [0.2, 0.25) is 0 Å². The van der Waals surface area contributed by atoms with Crippen LogP contribution in [0.15, 0.2) is 95.9 Å². The summed E-state index contributed by atoms with van der Waals surface area (Å²) in [5.74, 6) is -5.13. The van der Waals surface area contributed by atoms with Crippen molar-refractivity contribution in [3.05, 3.63) is 136 Å². The van der Waals surface area contributed by atoms with Crippen molar-refractivity contribution in [2.75, 3.05) is 20.2 Å². The average Bonchev–Trinajstić information content (AvgIpc) is 3.56. The molecule has 1 saturated heterocycles. The van der Waals surface area contributed by atoms with Crippen LogP contribution in [-0.4, -0.2) is 57.7 Å². The van der Waals surface area contributed by atoms with Crippen molar-refractivity contribution in [1.29, 1.82) is 0 Å². The van der Waals surface area contributed by atoms with E-state index in [4.69, 9.17) is 0 Å². The molecule has 276 valence electrons. The van der Waals surface area contributed by atoms with Gasteiger partial charge in [-0.05, 0) is 72.6 Å². The molecule has 1 aliphatic heterocycles. The van der Waals surface area contributed by atoms with Gasteiger partial charge in [0.05, 0.1) is 24.2 Å². The molecule has 0 saturated carbocycles. The van der Waals surface area contributed by atoms with Gasteiger partial charge in [0, 0.05) is 29.8 Å². The van der Waals surface area contributed by atoms with Crippen LogP contribution in [0.2, 0.25) is 0 Å². The molecule has 7 nitrogen and oxygen atoms in total. The topological polar surface area (TPSA) is 90.0 Å². The molecule has 1 fully saturated rings. The Kier molecular flexibility index (Phi) is 10.3. The van der Waals surface area contributed by atoms with Crippen LogP contribution in [-0.2, 0) is 36.3 Å². The van der Waals surface area contributed by atoms with Crippen molar-refractivity contribution in [2.24, 2.45) is 0 Å². The normalized spacial score (nSPS) is 16.9. The van der Waals surface area contributed by atoms with Crippen LogP contribution < -0.4 is 0 Å². The van der Waals surface area contributed by atoms with E-state index in [2.05, 4.69) is 9.47 Å². The highest BCUT2D eigenvalue weighted by Crippen LogP contribution is 2.54. The standard InChI is InChI=1S/C35H26F9NO6S/c1-50-31(47)22-7-5-21(6-8-22)30(46)45-18-17-32(20-45,52(48,49)26-15-13-25(36)14-16-26)23-9-11-24(12-10-23)33(34(39,40)41,35(42,43)44)51-19-27-28(37)3-2-4-29(27)38/h2-16H,17-20H2,1H3/t32-/m0/s1. The lowest BCUT2D eigenvalue weighted by Crippen LogP contribution is -2.56. The number of esters is 1. The fourth-order valence-corrected chi connectivity index (χ4v) is 8.13. The smallest absolute Gasteiger partial charge is 0.430 e. The summed E-state index contributed by atoms with van der Waals surface area (Å²) in [6.45, 7) is -2.69. The number of hydrogen-bond donors (Lipinski definition) is 0. The predicted octanol–water partition coefficient (Wildman–Crippen LogP) is 7.64. The van der Waals surface area contributed by atoms with Crippen LogP contribution in [0.25, 0.3) is 0 Å². The SMILES string of the molecule is COC(=O)c1ccc(C(=O)N2CC[C@](c3ccc(C(OCc4c(F)cccc4F)(C(F)(F)F)C(F)(F)F)cc3)(S(=O)(=O)c3ccc(F)cc3)C2)cc1. The first-order valence-electron chi connectivity index (χ1n) is 15.1. The molecule has 1 heterocycles. The monoisotopic (exact) mass is 759 g/mol. The summed E-state index contributed by atoms with van der Waals surface area (Å²) in [6, 6.07) is 12.8. The molecular formula is C35H26F9NO6S. The molecule has 0 spiro atoms. The lowest BCUT2D eigenvalue weighted by atomic mass is 9.88. The van der Waals surface area contributed by atoms with Gasteiger partial charge in [-0.1, -0.05) is 30.3 Å². The zero-order valence-corrected chi connectivity index (χ0v) is 27.5. The molecule has 0 bridgehead atoms. The average molecular weight is 760 g/mol. The molecule has 5 rings (SSSR count). The maximum atomic E-state index is 14.5. The highest BCUT2D eigenvalue weighted by molar-refractivity contribution is 7.92. The molecule has 0 radical (unpaired) electrons. The lowest BCUT2D eigenvalue weighted by molar-refractivity contribution is -0.392. The van der Waals surface area contributed by atoms with Crippen LogP contribution in [0.5, 0.6) is 0 Å². The molecule has 0 N–H and O–H groups in total. The summed E-state index contributed by atoms with van der Waals surface area (Å²) < 4.78 is 165. The molecule has 1 aliphatic rings. The van der Waals surface area contributed by atoms with Crippen molar-refractivity contribution in [1.82, 2.24) is 4.90 Å². The Balaban J connectivity index is 1.59. The summed E-state index contributed by atoms with van der Waals surface area (Å²) in [7, 11) is -3.54. The highest BCUT2D eigenvalue weighted by atomic mass is 32.2. The minimum absolute atomic E-state index is 0.0153. The van der Waals surface area contributed by atoms with Crippen molar-refractivity contribution in [2.45, 2.75) is 40.6 Å². The number of amides is 1. The summed E-state index contributed by atoms with van der Waals surface area (Å²) in [5.41, 5.74) is -8.12. The maximum absolute atomic E-state index is 14.5. The van der Waals surface area contributed by atoms with Crippen LogP contribution >= 0.6 is 0 Å². The Hall–Kier alpha value is -4.90. The van der Waals surface area contributed by atoms with Gasteiger partial charge in [0.1, 0.15) is 22.2 Å². The minimum Gasteiger partial charge on any atom is -0.465 e. The van der Waals surface area contributed by atoms with Crippen LogP contribution in [0.1, 0.15) is 43.8 Å². The summed E-state index contributed by atoms with van der Waals surface area (Å²) >= 11 is 0. The first kappa shape index (κ1) is 38.3. The summed E-state index contributed by atoms with van der Waals surface area (Å²) in [6.07, 6.45) is -12.9. The Morgan fingerprint density at radius 1 is 0.769 bits per heavy atom. The molecule has 1 amide bonds. The fourth-order valence-electron chi connectivity index (χ4n) is 6.05. The van der Waals surface area contributed by atoms with Crippen LogP contribution in [0.3, 0.4) is 0 Å². The van der Waals surface area contributed by atoms with Gasteiger partial charge >= 0.3 is 18.3 Å². The van der Waals surface area contributed by atoms with E-state index < -0.39 is 97.5 Å². The highest BCUT2D eigenvalue weighted by Gasteiger charge is 2.73. The number of nitrogens with zero attached hydrogens (tertiary/aromatic N) is 1. The maximum Gasteiger partial charge on any atom is 0.430 e. The van der Waals surface area contributed by atoms with Gasteiger partial charge in [-0.2, -0.15) is 26.3 Å². The van der Waals surface area contributed by atoms with Gasteiger partial charge in [-0.15, -0.1) is 0 Å². The van der Waals surface area contributed by atoms with E-state index in [1.807, 2.05) is 0 Å². The third-order valence-electron chi connectivity index (χ3n) is 8.82. The molecule has 4 aromatic carbocycles. The van der Waals surface area contributed by atoms with E-state index in [0.717, 1.165) is 42.3 Å². The van der Waals surface area contributed by atoms with Gasteiger partial charge in [0.15, 0.2) is 9.84 Å². The number of methoxy groups -OCH3 is 1. The van der Waals surface area contributed by atoms with Gasteiger partial charge in [0.25, 0.3) is 11.5 Å². The Morgan fingerprint density at radius 2 is 1.31 bits per heavy atom. The minimum atomic E-state index is -6.26. The number of benzene rings is 4. The molecule has 0 aliphatic carbocycles. The molecule has 1 atom stereocenters. The zero-order valence-electron chi connectivity index (χ0n) is 26.7. The van der Waals surface area contributed by atoms with E-state index >= 15 is 0 Å². The number of likely N-dealkylation sites (tertiary alicyclic amines) is 1. The Labute approximate surface area is 290 Å². The number of halogens is 9. The molecule has 0 unspecified atom stereocenters. The second-order valence-corrected chi connectivity index (χ2v) is 14.0. The first-order chi connectivity index (χ1) is 24.3. The third-order valence-corrected chi connectivity index (χ3v) is 11.3. The number of ether oxygens (including phenoxy) is 2. The van der Waals surface area contributed by atoms with E-state index in [1.54, 1.807) is 0 Å². The van der Waals surface area contributed by atoms with E-state index in [-0.39, 0.29) is 23.2 Å². The fraction of sp³-hybridized carbons (Fsp3) is 0.257. The number of rotatable bonds is 9. The van der Waals surface area contributed by atoms with E-state index in [1.165, 1.54) is 24.3 Å². The van der Waals surface area contributed by atoms with Crippen molar-refractivity contribution < 1.29 is 67.0 Å². The number of carbonyl (C=O) groups excluding carboxylic acids is 2. The number of alkyl halides is 6. The van der Waals surface area contributed by atoms with Crippen LogP contribution in [0.4, 0.5) is 39.5 Å². The van der Waals surface area contributed by atoms with Gasteiger partial charge < -0.3 is 14.4 Å².